The minimum Gasteiger partial charge on any atom is -0.345 e. The molecular weight excluding hydrogens is 258 g/mol. The fraction of sp³-hybridized carbons (Fsp3) is 0.278. The molecule has 0 aliphatic carbocycles. The lowest BCUT2D eigenvalue weighted by atomic mass is 10.1. The highest BCUT2D eigenvalue weighted by Crippen LogP contribution is 2.18. The van der Waals surface area contributed by atoms with E-state index >= 15 is 0 Å². The third-order valence-electron chi connectivity index (χ3n) is 3.51. The van der Waals surface area contributed by atoms with Crippen LogP contribution in [0.2, 0.25) is 0 Å². The number of nitrogens with one attached hydrogen (secondary N) is 1. The van der Waals surface area contributed by atoms with Crippen LogP contribution in [0.3, 0.4) is 0 Å². The molecule has 0 bridgehead atoms. The number of hydrogen-bond donors (Lipinski definition) is 1. The van der Waals surface area contributed by atoms with Gasteiger partial charge in [-0.1, -0.05) is 24.3 Å². The molecule has 1 aromatic carbocycles. The van der Waals surface area contributed by atoms with Crippen molar-refractivity contribution < 1.29 is 0 Å². The normalized spacial score (nSPS) is 12.8. The molecule has 0 spiro atoms. The Hall–Kier alpha value is -2.29. The SMILES string of the molecule is C=c1ccn(CC)/c1=C(/N=C\C)Nc1ccc(C)cc1C. The summed E-state index contributed by atoms with van der Waals surface area (Å²) in [4.78, 5) is 4.51. The molecule has 0 aliphatic rings. The molecule has 110 valence electrons. The van der Waals surface area contributed by atoms with Crippen LogP contribution >= 0.6 is 0 Å². The highest BCUT2D eigenvalue weighted by atomic mass is 15.1. The van der Waals surface area contributed by atoms with E-state index in [0.717, 1.165) is 28.6 Å². The van der Waals surface area contributed by atoms with Crippen molar-refractivity contribution in [2.24, 2.45) is 4.99 Å². The summed E-state index contributed by atoms with van der Waals surface area (Å²) in [6.45, 7) is 13.2. The van der Waals surface area contributed by atoms with Gasteiger partial charge in [0, 0.05) is 24.6 Å². The first-order valence-electron chi connectivity index (χ1n) is 7.28. The predicted molar refractivity (Wildman–Crippen MR) is 92.0 cm³/mol. The summed E-state index contributed by atoms with van der Waals surface area (Å²) < 4.78 is 2.15. The standard InChI is InChI=1S/C18H23N3/c1-6-19-18(17-14(4)10-11-21(17)7-2)20-16-9-8-13(3)12-15(16)5/h6,8-12,20H,4,7H2,1-3,5H3/b18-17-,19-6-. The fourth-order valence-electron chi connectivity index (χ4n) is 2.43. The van der Waals surface area contributed by atoms with E-state index in [1.54, 1.807) is 6.21 Å². The zero-order chi connectivity index (χ0) is 15.4. The van der Waals surface area contributed by atoms with E-state index < -0.39 is 0 Å². The van der Waals surface area contributed by atoms with E-state index in [9.17, 15) is 0 Å². The Morgan fingerprint density at radius 1 is 1.33 bits per heavy atom. The van der Waals surface area contributed by atoms with Gasteiger partial charge in [0.05, 0.1) is 5.35 Å². The lowest BCUT2D eigenvalue weighted by Crippen LogP contribution is -2.32. The maximum atomic E-state index is 4.51. The van der Waals surface area contributed by atoms with Crippen LogP contribution in [0.1, 0.15) is 25.0 Å². The van der Waals surface area contributed by atoms with Gasteiger partial charge in [-0.2, -0.15) is 0 Å². The van der Waals surface area contributed by atoms with Crippen molar-refractivity contribution in [3.05, 3.63) is 52.2 Å². The Kier molecular flexibility index (Phi) is 4.63. The molecule has 0 saturated carbocycles. The molecule has 3 heteroatoms. The molecule has 1 heterocycles. The van der Waals surface area contributed by atoms with Gasteiger partial charge in [0.25, 0.3) is 0 Å². The maximum Gasteiger partial charge on any atom is 0.154 e. The molecule has 0 aliphatic heterocycles. The molecular formula is C18H23N3. The van der Waals surface area contributed by atoms with E-state index in [4.69, 9.17) is 0 Å². The lowest BCUT2D eigenvalue weighted by Gasteiger charge is -2.11. The first-order valence-corrected chi connectivity index (χ1v) is 7.28. The van der Waals surface area contributed by atoms with Crippen molar-refractivity contribution in [2.45, 2.75) is 34.2 Å². The molecule has 1 N–H and O–H groups in total. The number of aryl methyl sites for hydroxylation is 3. The van der Waals surface area contributed by atoms with Gasteiger partial charge in [0.2, 0.25) is 0 Å². The Labute approximate surface area is 126 Å². The molecule has 3 nitrogen and oxygen atoms in total. The van der Waals surface area contributed by atoms with Crippen molar-refractivity contribution in [3.63, 3.8) is 0 Å². The average Bonchev–Trinajstić information content (AvgIpc) is 2.82. The second-order valence-corrected chi connectivity index (χ2v) is 5.15. The van der Waals surface area contributed by atoms with Gasteiger partial charge in [0.1, 0.15) is 0 Å². The first kappa shape index (κ1) is 15.1. The molecule has 0 amide bonds. The topological polar surface area (TPSA) is 29.3 Å². The van der Waals surface area contributed by atoms with E-state index in [0.29, 0.717) is 0 Å². The second kappa shape index (κ2) is 6.44. The zero-order valence-electron chi connectivity index (χ0n) is 13.3. The summed E-state index contributed by atoms with van der Waals surface area (Å²) in [5.74, 6) is 0.835. The summed E-state index contributed by atoms with van der Waals surface area (Å²) in [6.07, 6.45) is 3.85. The quantitative estimate of drug-likeness (QED) is 0.858. The van der Waals surface area contributed by atoms with E-state index in [2.05, 4.69) is 60.4 Å². The van der Waals surface area contributed by atoms with E-state index in [1.807, 2.05) is 19.2 Å². The Morgan fingerprint density at radius 2 is 2.10 bits per heavy atom. The molecule has 21 heavy (non-hydrogen) atoms. The second-order valence-electron chi connectivity index (χ2n) is 5.15. The van der Waals surface area contributed by atoms with Gasteiger partial charge >= 0.3 is 0 Å². The average molecular weight is 281 g/mol. The number of aromatic nitrogens is 1. The van der Waals surface area contributed by atoms with Crippen LogP contribution in [0, 0.1) is 13.8 Å². The summed E-state index contributed by atoms with van der Waals surface area (Å²) >= 11 is 0. The smallest absolute Gasteiger partial charge is 0.154 e. The number of aliphatic imine (C=N–C) groups is 1. The third-order valence-corrected chi connectivity index (χ3v) is 3.51. The molecule has 2 rings (SSSR count). The molecule has 0 unspecified atom stereocenters. The van der Waals surface area contributed by atoms with Crippen molar-refractivity contribution in [3.8, 4) is 0 Å². The van der Waals surface area contributed by atoms with Gasteiger partial charge in [-0.15, -0.1) is 0 Å². The van der Waals surface area contributed by atoms with Crippen LogP contribution in [0.25, 0.3) is 12.4 Å². The summed E-state index contributed by atoms with van der Waals surface area (Å²) in [6, 6.07) is 8.39. The number of anilines is 1. The van der Waals surface area contributed by atoms with Crippen LogP contribution in [0.4, 0.5) is 5.69 Å². The molecule has 2 aromatic rings. The summed E-state index contributed by atoms with van der Waals surface area (Å²) in [5, 5.41) is 5.47. The molecule has 1 aromatic heterocycles. The van der Waals surface area contributed by atoms with Gasteiger partial charge in [-0.3, -0.25) is 0 Å². The number of rotatable bonds is 4. The fourth-order valence-corrected chi connectivity index (χ4v) is 2.43. The molecule has 0 radical (unpaired) electrons. The Bertz CT molecular complexity index is 766. The predicted octanol–water partition coefficient (Wildman–Crippen LogP) is 2.80. The van der Waals surface area contributed by atoms with Crippen molar-refractivity contribution >= 4 is 24.3 Å². The number of nitrogens with zero attached hydrogens (tertiary/aromatic N) is 2. The summed E-state index contributed by atoms with van der Waals surface area (Å²) in [7, 11) is 0. The lowest BCUT2D eigenvalue weighted by molar-refractivity contribution is 0.740. The minimum absolute atomic E-state index is 0.835. The largest absolute Gasteiger partial charge is 0.345 e. The number of benzene rings is 1. The number of hydrogen-bond acceptors (Lipinski definition) is 2. The highest BCUT2D eigenvalue weighted by molar-refractivity contribution is 5.72. The van der Waals surface area contributed by atoms with Gasteiger partial charge < -0.3 is 9.88 Å². The van der Waals surface area contributed by atoms with Crippen LogP contribution in [-0.2, 0) is 6.54 Å². The Balaban J connectivity index is 2.60. The molecule has 0 saturated heterocycles. The maximum absolute atomic E-state index is 4.51. The molecule has 0 atom stereocenters. The van der Waals surface area contributed by atoms with E-state index in [-0.39, 0.29) is 0 Å². The third kappa shape index (κ3) is 3.24. The van der Waals surface area contributed by atoms with Gasteiger partial charge in [0.15, 0.2) is 5.82 Å². The zero-order valence-corrected chi connectivity index (χ0v) is 13.3. The highest BCUT2D eigenvalue weighted by Gasteiger charge is 2.05. The van der Waals surface area contributed by atoms with Crippen LogP contribution in [0.5, 0.6) is 0 Å². The van der Waals surface area contributed by atoms with Gasteiger partial charge in [-0.25, -0.2) is 4.99 Å². The van der Waals surface area contributed by atoms with E-state index in [1.165, 1.54) is 11.1 Å². The monoisotopic (exact) mass is 281 g/mol. The summed E-state index contributed by atoms with van der Waals surface area (Å²) in [5.41, 5.74) is 3.54. The van der Waals surface area contributed by atoms with Gasteiger partial charge in [-0.05, 0) is 50.6 Å². The van der Waals surface area contributed by atoms with Crippen LogP contribution in [-0.4, -0.2) is 10.8 Å². The van der Waals surface area contributed by atoms with Crippen LogP contribution < -0.4 is 15.9 Å². The first-order chi connectivity index (χ1) is 10.1. The minimum atomic E-state index is 0.835. The van der Waals surface area contributed by atoms with Crippen molar-refractivity contribution in [1.29, 1.82) is 0 Å². The van der Waals surface area contributed by atoms with Crippen molar-refractivity contribution in [1.82, 2.24) is 4.57 Å². The Morgan fingerprint density at radius 3 is 2.71 bits per heavy atom. The van der Waals surface area contributed by atoms with Crippen molar-refractivity contribution in [2.75, 3.05) is 5.32 Å². The molecule has 0 fully saturated rings. The van der Waals surface area contributed by atoms with Crippen LogP contribution in [0.15, 0.2) is 35.5 Å².